The van der Waals surface area contributed by atoms with Crippen molar-refractivity contribution in [2.75, 3.05) is 0 Å². The van der Waals surface area contributed by atoms with Crippen LogP contribution in [-0.2, 0) is 10.0 Å². The maximum Gasteiger partial charge on any atom is 0.242 e. The van der Waals surface area contributed by atoms with E-state index in [1.54, 1.807) is 0 Å². The molecule has 0 aliphatic rings. The van der Waals surface area contributed by atoms with Gasteiger partial charge in [0.15, 0.2) is 0 Å². The summed E-state index contributed by atoms with van der Waals surface area (Å²) < 4.78 is 27.1. The van der Waals surface area contributed by atoms with Gasteiger partial charge in [0.05, 0.1) is 16.7 Å². The van der Waals surface area contributed by atoms with Crippen LogP contribution in [0.4, 0.5) is 0 Å². The van der Waals surface area contributed by atoms with Crippen molar-refractivity contribution in [3.63, 3.8) is 0 Å². The van der Waals surface area contributed by atoms with Gasteiger partial charge in [-0.25, -0.2) is 13.1 Å². The number of hydrogen-bond donors (Lipinski definition) is 1. The second kappa shape index (κ2) is 6.90. The number of sulfonamides is 1. The summed E-state index contributed by atoms with van der Waals surface area (Å²) in [6, 6.07) is 5.99. The molecule has 0 spiro atoms. The molecule has 4 nitrogen and oxygen atoms in total. The first kappa shape index (κ1) is 16.0. The highest BCUT2D eigenvalue weighted by Gasteiger charge is 2.21. The van der Waals surface area contributed by atoms with Gasteiger partial charge in [0, 0.05) is 6.04 Å². The molecule has 0 radical (unpaired) electrons. The lowest BCUT2D eigenvalue weighted by molar-refractivity contribution is 0.512. The van der Waals surface area contributed by atoms with Crippen LogP contribution >= 0.6 is 11.6 Å². The average molecular weight is 301 g/mol. The molecule has 1 rings (SSSR count). The largest absolute Gasteiger partial charge is 0.242 e. The Morgan fingerprint density at radius 1 is 1.42 bits per heavy atom. The van der Waals surface area contributed by atoms with E-state index < -0.39 is 10.0 Å². The number of nitrogens with zero attached hydrogens (tertiary/aromatic N) is 1. The van der Waals surface area contributed by atoms with Crippen LogP contribution in [0.3, 0.4) is 0 Å². The molecule has 0 bridgehead atoms. The molecule has 1 unspecified atom stereocenters. The molecular weight excluding hydrogens is 284 g/mol. The highest BCUT2D eigenvalue weighted by atomic mass is 35.5. The van der Waals surface area contributed by atoms with Gasteiger partial charge in [0.25, 0.3) is 0 Å². The minimum atomic E-state index is -3.64. The van der Waals surface area contributed by atoms with Crippen LogP contribution in [0.2, 0.25) is 5.02 Å². The number of rotatable bonds is 6. The maximum absolute atomic E-state index is 12.2. The van der Waals surface area contributed by atoms with E-state index in [0.29, 0.717) is 5.56 Å². The van der Waals surface area contributed by atoms with E-state index >= 15 is 0 Å². The van der Waals surface area contributed by atoms with Crippen LogP contribution < -0.4 is 4.72 Å². The zero-order chi connectivity index (χ0) is 14.5. The Balaban J connectivity index is 3.04. The summed E-state index contributed by atoms with van der Waals surface area (Å²) in [6.45, 7) is 3.94. The van der Waals surface area contributed by atoms with E-state index in [9.17, 15) is 8.42 Å². The van der Waals surface area contributed by atoms with Crippen LogP contribution in [0, 0.1) is 11.3 Å². The molecule has 0 heterocycles. The first-order chi connectivity index (χ1) is 8.94. The van der Waals surface area contributed by atoms with Crippen molar-refractivity contribution in [3.05, 3.63) is 28.8 Å². The molecule has 19 heavy (non-hydrogen) atoms. The number of benzene rings is 1. The summed E-state index contributed by atoms with van der Waals surface area (Å²) in [5.41, 5.74) is 0.338. The Kier molecular flexibility index (Phi) is 5.80. The lowest BCUT2D eigenvalue weighted by Crippen LogP contribution is -2.34. The van der Waals surface area contributed by atoms with Crippen LogP contribution in [0.15, 0.2) is 23.1 Å². The van der Waals surface area contributed by atoms with Crippen LogP contribution in [-0.4, -0.2) is 14.5 Å². The van der Waals surface area contributed by atoms with Crippen LogP contribution in [0.25, 0.3) is 0 Å². The SMILES string of the molecule is CCCC(CC)NS(=O)(=O)c1ccc(C#N)cc1Cl. The van der Waals surface area contributed by atoms with E-state index in [4.69, 9.17) is 16.9 Å². The van der Waals surface area contributed by atoms with Gasteiger partial charge in [-0.15, -0.1) is 0 Å². The molecule has 0 saturated heterocycles. The molecule has 0 aromatic heterocycles. The predicted molar refractivity (Wildman–Crippen MR) is 75.5 cm³/mol. The Bertz CT molecular complexity index is 579. The van der Waals surface area contributed by atoms with Gasteiger partial charge in [-0.2, -0.15) is 5.26 Å². The van der Waals surface area contributed by atoms with Gasteiger partial charge in [-0.1, -0.05) is 31.9 Å². The predicted octanol–water partition coefficient (Wildman–Crippen LogP) is 3.07. The van der Waals surface area contributed by atoms with Crippen molar-refractivity contribution in [3.8, 4) is 6.07 Å². The normalized spacial score (nSPS) is 12.9. The molecule has 104 valence electrons. The molecule has 0 saturated carbocycles. The monoisotopic (exact) mass is 300 g/mol. The summed E-state index contributed by atoms with van der Waals surface area (Å²) in [4.78, 5) is 0.0164. The fourth-order valence-electron chi connectivity index (χ4n) is 1.77. The maximum atomic E-state index is 12.2. The topological polar surface area (TPSA) is 70.0 Å². The van der Waals surface area contributed by atoms with Gasteiger partial charge in [-0.3, -0.25) is 0 Å². The Hall–Kier alpha value is -1.09. The third-order valence-electron chi connectivity index (χ3n) is 2.80. The van der Waals surface area contributed by atoms with Crippen LogP contribution in [0.1, 0.15) is 38.7 Å². The molecule has 6 heteroatoms. The van der Waals surface area contributed by atoms with E-state index in [1.165, 1.54) is 18.2 Å². The number of nitriles is 1. The summed E-state index contributed by atoms with van der Waals surface area (Å²) >= 11 is 5.93. The van der Waals surface area contributed by atoms with Crippen molar-refractivity contribution in [1.29, 1.82) is 5.26 Å². The third-order valence-corrected chi connectivity index (χ3v) is 4.81. The fourth-order valence-corrected chi connectivity index (χ4v) is 3.66. The standard InChI is InChI=1S/C13H17ClN2O2S/c1-3-5-11(4-2)16-19(17,18)13-7-6-10(9-15)8-12(13)14/h6-8,11,16H,3-5H2,1-2H3. The van der Waals surface area contributed by atoms with Gasteiger partial charge >= 0.3 is 0 Å². The molecular formula is C13H17ClN2O2S. The Morgan fingerprint density at radius 2 is 2.11 bits per heavy atom. The van der Waals surface area contributed by atoms with Crippen LogP contribution in [0.5, 0.6) is 0 Å². The first-order valence-corrected chi connectivity index (χ1v) is 8.02. The van der Waals surface area contributed by atoms with Crippen molar-refractivity contribution in [1.82, 2.24) is 4.72 Å². The van der Waals surface area contributed by atoms with E-state index in [-0.39, 0.29) is 16.0 Å². The second-order valence-electron chi connectivity index (χ2n) is 4.27. The van der Waals surface area contributed by atoms with E-state index in [0.717, 1.165) is 19.3 Å². The van der Waals surface area contributed by atoms with Crippen molar-refractivity contribution < 1.29 is 8.42 Å². The first-order valence-electron chi connectivity index (χ1n) is 6.16. The molecule has 1 atom stereocenters. The summed E-state index contributed by atoms with van der Waals surface area (Å²) in [5.74, 6) is 0. The zero-order valence-corrected chi connectivity index (χ0v) is 12.6. The van der Waals surface area contributed by atoms with E-state index in [1.807, 2.05) is 19.9 Å². The molecule has 0 fully saturated rings. The third kappa shape index (κ3) is 4.20. The number of nitrogens with one attached hydrogen (secondary N) is 1. The Labute approximate surface area is 119 Å². The fraction of sp³-hybridized carbons (Fsp3) is 0.462. The smallest absolute Gasteiger partial charge is 0.208 e. The average Bonchev–Trinajstić information content (AvgIpc) is 2.37. The van der Waals surface area contributed by atoms with Crippen molar-refractivity contribution in [2.24, 2.45) is 0 Å². The summed E-state index contributed by atoms with van der Waals surface area (Å²) in [7, 11) is -3.64. The molecule has 0 aliphatic heterocycles. The summed E-state index contributed by atoms with van der Waals surface area (Å²) in [6.07, 6.45) is 2.41. The molecule has 0 aliphatic carbocycles. The highest BCUT2D eigenvalue weighted by Crippen LogP contribution is 2.23. The minimum absolute atomic E-state index is 0.0164. The Morgan fingerprint density at radius 3 is 2.58 bits per heavy atom. The molecule has 1 aromatic rings. The van der Waals surface area contributed by atoms with Gasteiger partial charge in [0.2, 0.25) is 10.0 Å². The van der Waals surface area contributed by atoms with Gasteiger partial charge in [-0.05, 0) is 31.0 Å². The number of hydrogen-bond acceptors (Lipinski definition) is 3. The number of halogens is 1. The molecule has 1 N–H and O–H groups in total. The second-order valence-corrected chi connectivity index (χ2v) is 6.36. The van der Waals surface area contributed by atoms with Crippen molar-refractivity contribution >= 4 is 21.6 Å². The lowest BCUT2D eigenvalue weighted by atomic mass is 10.1. The lowest BCUT2D eigenvalue weighted by Gasteiger charge is -2.16. The summed E-state index contributed by atoms with van der Waals surface area (Å²) in [5, 5.41) is 8.80. The molecule has 0 amide bonds. The highest BCUT2D eigenvalue weighted by molar-refractivity contribution is 7.89. The van der Waals surface area contributed by atoms with E-state index in [2.05, 4.69) is 4.72 Å². The quantitative estimate of drug-likeness (QED) is 0.877. The molecule has 1 aromatic carbocycles. The van der Waals surface area contributed by atoms with Gasteiger partial charge in [0.1, 0.15) is 4.90 Å². The zero-order valence-electron chi connectivity index (χ0n) is 11.0. The van der Waals surface area contributed by atoms with Gasteiger partial charge < -0.3 is 0 Å². The minimum Gasteiger partial charge on any atom is -0.208 e. The van der Waals surface area contributed by atoms with Crippen molar-refractivity contribution in [2.45, 2.75) is 44.0 Å².